The van der Waals surface area contributed by atoms with Crippen molar-refractivity contribution in [2.24, 2.45) is 0 Å². The molecular formula is C22H20F3N3O2. The second-order valence-electron chi connectivity index (χ2n) is 7.36. The van der Waals surface area contributed by atoms with Gasteiger partial charge in [0.1, 0.15) is 0 Å². The number of para-hydroxylation sites is 1. The van der Waals surface area contributed by atoms with Crippen LogP contribution in [0.1, 0.15) is 34.8 Å². The molecule has 4 rings (SSSR count). The molecule has 1 aromatic heterocycles. The highest BCUT2D eigenvalue weighted by Gasteiger charge is 2.32. The van der Waals surface area contributed by atoms with Crippen LogP contribution >= 0.6 is 0 Å². The van der Waals surface area contributed by atoms with Gasteiger partial charge in [-0.25, -0.2) is 0 Å². The lowest BCUT2D eigenvalue weighted by atomic mass is 9.99. The Kier molecular flexibility index (Phi) is 5.34. The third-order valence-electron chi connectivity index (χ3n) is 5.47. The highest BCUT2D eigenvalue weighted by atomic mass is 19.4. The number of halogens is 3. The summed E-state index contributed by atoms with van der Waals surface area (Å²) in [5.74, 6) is 0. The van der Waals surface area contributed by atoms with Crippen molar-refractivity contribution in [1.29, 1.82) is 0 Å². The Morgan fingerprint density at radius 2 is 1.73 bits per heavy atom. The van der Waals surface area contributed by atoms with E-state index in [2.05, 4.69) is 9.47 Å². The monoisotopic (exact) mass is 415 g/mol. The van der Waals surface area contributed by atoms with Crippen molar-refractivity contribution in [1.82, 2.24) is 9.47 Å². The van der Waals surface area contributed by atoms with Crippen LogP contribution in [0.5, 0.6) is 0 Å². The van der Waals surface area contributed by atoms with Gasteiger partial charge in [0, 0.05) is 43.2 Å². The maximum Gasteiger partial charge on any atom is 0.416 e. The standard InChI is InChI=1S/C22H20F3N3O2/c23-22(24,25)18-10-8-16(9-11-18)21-20-7-3-12-26(20)13-4-14-27(21)15-17-5-1-2-6-19(17)28(29)30/h1-3,5-12,21H,4,13-15H2/t21-/m1/s1. The second kappa shape index (κ2) is 7.95. The van der Waals surface area contributed by atoms with Crippen LogP contribution in [0, 0.1) is 10.1 Å². The molecule has 5 nitrogen and oxygen atoms in total. The summed E-state index contributed by atoms with van der Waals surface area (Å²) < 4.78 is 41.2. The van der Waals surface area contributed by atoms with Crippen LogP contribution < -0.4 is 0 Å². The Bertz CT molecular complexity index is 1040. The van der Waals surface area contributed by atoms with E-state index in [1.54, 1.807) is 18.2 Å². The van der Waals surface area contributed by atoms with Crippen LogP contribution in [0.25, 0.3) is 0 Å². The zero-order chi connectivity index (χ0) is 21.3. The molecule has 30 heavy (non-hydrogen) atoms. The van der Waals surface area contributed by atoms with Crippen molar-refractivity contribution in [3.63, 3.8) is 0 Å². The van der Waals surface area contributed by atoms with Crippen LogP contribution in [0.2, 0.25) is 0 Å². The molecule has 0 saturated heterocycles. The van der Waals surface area contributed by atoms with Gasteiger partial charge in [0.05, 0.1) is 16.5 Å². The Morgan fingerprint density at radius 1 is 1.00 bits per heavy atom. The topological polar surface area (TPSA) is 51.3 Å². The number of nitro groups is 1. The lowest BCUT2D eigenvalue weighted by Crippen LogP contribution is -2.29. The van der Waals surface area contributed by atoms with Crippen molar-refractivity contribution in [3.8, 4) is 0 Å². The van der Waals surface area contributed by atoms with Gasteiger partial charge in [-0.3, -0.25) is 15.0 Å². The SMILES string of the molecule is O=[N+]([O-])c1ccccc1CN1CCCn2cccc2[C@H]1c1ccc(C(F)(F)F)cc1. The molecule has 156 valence electrons. The number of aryl methyl sites for hydroxylation is 1. The van der Waals surface area contributed by atoms with Crippen LogP contribution in [-0.2, 0) is 19.3 Å². The van der Waals surface area contributed by atoms with Gasteiger partial charge < -0.3 is 4.57 Å². The Balaban J connectivity index is 1.75. The summed E-state index contributed by atoms with van der Waals surface area (Å²) in [5.41, 5.74) is 1.62. The maximum absolute atomic E-state index is 13.0. The first kappa shape index (κ1) is 20.2. The van der Waals surface area contributed by atoms with Crippen molar-refractivity contribution >= 4 is 5.69 Å². The van der Waals surface area contributed by atoms with E-state index >= 15 is 0 Å². The number of aromatic nitrogens is 1. The van der Waals surface area contributed by atoms with Gasteiger partial charge in [-0.1, -0.05) is 30.3 Å². The number of hydrogen-bond acceptors (Lipinski definition) is 3. The molecule has 1 aliphatic heterocycles. The van der Waals surface area contributed by atoms with Gasteiger partial charge in [-0.05, 0) is 36.2 Å². The summed E-state index contributed by atoms with van der Waals surface area (Å²) in [5, 5.41) is 11.4. The number of fused-ring (bicyclic) bond motifs is 1. The molecule has 0 aliphatic carbocycles. The molecule has 0 saturated carbocycles. The first-order valence-electron chi connectivity index (χ1n) is 9.63. The van der Waals surface area contributed by atoms with Gasteiger partial charge in [0.25, 0.3) is 5.69 Å². The molecular weight excluding hydrogens is 395 g/mol. The molecule has 0 radical (unpaired) electrons. The lowest BCUT2D eigenvalue weighted by molar-refractivity contribution is -0.385. The molecule has 3 aromatic rings. The van der Waals surface area contributed by atoms with E-state index in [0.717, 1.165) is 36.4 Å². The van der Waals surface area contributed by atoms with Crippen LogP contribution in [0.4, 0.5) is 18.9 Å². The molecule has 0 fully saturated rings. The number of hydrogen-bond donors (Lipinski definition) is 0. The van der Waals surface area contributed by atoms with Gasteiger partial charge in [-0.15, -0.1) is 0 Å². The summed E-state index contributed by atoms with van der Waals surface area (Å²) in [7, 11) is 0. The molecule has 8 heteroatoms. The molecule has 0 N–H and O–H groups in total. The average Bonchev–Trinajstić information content (AvgIpc) is 3.09. The third-order valence-corrected chi connectivity index (χ3v) is 5.47. The largest absolute Gasteiger partial charge is 0.416 e. The zero-order valence-electron chi connectivity index (χ0n) is 16.0. The fourth-order valence-corrected chi connectivity index (χ4v) is 4.09. The van der Waals surface area contributed by atoms with Gasteiger partial charge in [-0.2, -0.15) is 13.2 Å². The van der Waals surface area contributed by atoms with Gasteiger partial charge in [0.15, 0.2) is 0 Å². The van der Waals surface area contributed by atoms with Crippen LogP contribution in [-0.4, -0.2) is 20.9 Å². The van der Waals surface area contributed by atoms with Crippen molar-refractivity contribution < 1.29 is 18.1 Å². The number of rotatable bonds is 4. The summed E-state index contributed by atoms with van der Waals surface area (Å²) >= 11 is 0. The maximum atomic E-state index is 13.0. The minimum absolute atomic E-state index is 0.0447. The van der Waals surface area contributed by atoms with E-state index < -0.39 is 16.7 Å². The van der Waals surface area contributed by atoms with Crippen molar-refractivity contribution in [2.75, 3.05) is 6.54 Å². The normalized spacial score (nSPS) is 17.4. The Labute approximate surface area is 171 Å². The number of alkyl halides is 3. The fraction of sp³-hybridized carbons (Fsp3) is 0.273. The minimum atomic E-state index is -4.40. The van der Waals surface area contributed by atoms with Crippen molar-refractivity contribution in [3.05, 3.63) is 99.4 Å². The number of benzene rings is 2. The number of nitro benzene ring substituents is 1. The van der Waals surface area contributed by atoms with Crippen molar-refractivity contribution in [2.45, 2.75) is 31.7 Å². The summed E-state index contributed by atoms with van der Waals surface area (Å²) in [6, 6.07) is 15.4. The third kappa shape index (κ3) is 3.95. The Hall–Kier alpha value is -3.13. The molecule has 0 spiro atoms. The Morgan fingerprint density at radius 3 is 2.43 bits per heavy atom. The first-order valence-corrected chi connectivity index (χ1v) is 9.63. The van der Waals surface area contributed by atoms with Crippen LogP contribution in [0.3, 0.4) is 0 Å². The predicted octanol–water partition coefficient (Wildman–Crippen LogP) is 5.41. The van der Waals surface area contributed by atoms with Gasteiger partial charge in [0.2, 0.25) is 0 Å². The lowest BCUT2D eigenvalue weighted by Gasteiger charge is -2.30. The van der Waals surface area contributed by atoms with E-state index in [0.29, 0.717) is 18.7 Å². The van der Waals surface area contributed by atoms with E-state index in [-0.39, 0.29) is 11.7 Å². The van der Waals surface area contributed by atoms with Crippen LogP contribution in [0.15, 0.2) is 66.9 Å². The van der Waals surface area contributed by atoms with Gasteiger partial charge >= 0.3 is 6.18 Å². The quantitative estimate of drug-likeness (QED) is 0.423. The summed E-state index contributed by atoms with van der Waals surface area (Å²) in [6.45, 7) is 1.78. The second-order valence-corrected chi connectivity index (χ2v) is 7.36. The van der Waals surface area contributed by atoms with E-state index in [1.807, 2.05) is 18.3 Å². The molecule has 2 heterocycles. The fourth-order valence-electron chi connectivity index (χ4n) is 4.09. The zero-order valence-corrected chi connectivity index (χ0v) is 16.0. The number of nitrogens with zero attached hydrogens (tertiary/aromatic N) is 3. The highest BCUT2D eigenvalue weighted by Crippen LogP contribution is 2.36. The predicted molar refractivity (Wildman–Crippen MR) is 106 cm³/mol. The minimum Gasteiger partial charge on any atom is -0.350 e. The summed E-state index contributed by atoms with van der Waals surface area (Å²) in [4.78, 5) is 13.1. The molecule has 0 unspecified atom stereocenters. The molecule has 0 bridgehead atoms. The van der Waals surface area contributed by atoms with E-state index in [1.165, 1.54) is 18.2 Å². The highest BCUT2D eigenvalue weighted by molar-refractivity contribution is 5.40. The molecule has 1 aliphatic rings. The first-order chi connectivity index (χ1) is 14.3. The molecule has 0 amide bonds. The van der Waals surface area contributed by atoms with E-state index in [9.17, 15) is 23.3 Å². The smallest absolute Gasteiger partial charge is 0.350 e. The average molecular weight is 415 g/mol. The molecule has 1 atom stereocenters. The molecule has 2 aromatic carbocycles. The van der Waals surface area contributed by atoms with E-state index in [4.69, 9.17) is 0 Å². The summed E-state index contributed by atoms with van der Waals surface area (Å²) in [6.07, 6.45) is -1.60.